The van der Waals surface area contributed by atoms with Crippen LogP contribution < -0.4 is 24.3 Å². The Morgan fingerprint density at radius 2 is 1.59 bits per heavy atom. The van der Waals surface area contributed by atoms with Crippen molar-refractivity contribution in [3.63, 3.8) is 0 Å². The molecule has 1 aromatic carbocycles. The zero-order chi connectivity index (χ0) is 26.0. The molecule has 2 aliphatic heterocycles. The Kier molecular flexibility index (Phi) is 9.34. The van der Waals surface area contributed by atoms with Crippen LogP contribution in [-0.4, -0.2) is 80.7 Å². The van der Waals surface area contributed by atoms with Crippen LogP contribution in [0.15, 0.2) is 23.3 Å². The molecule has 11 nitrogen and oxygen atoms in total. The maximum atomic E-state index is 11.7. The van der Waals surface area contributed by atoms with Crippen molar-refractivity contribution in [1.29, 1.82) is 0 Å². The lowest BCUT2D eigenvalue weighted by molar-refractivity contribution is -0.145. The molecule has 3 heterocycles. The van der Waals surface area contributed by atoms with Crippen LogP contribution >= 0.6 is 0 Å². The lowest BCUT2D eigenvalue weighted by Gasteiger charge is -2.30. The third kappa shape index (κ3) is 7.21. The van der Waals surface area contributed by atoms with Crippen LogP contribution in [0.3, 0.4) is 0 Å². The fraction of sp³-hybridized carbons (Fsp3) is 0.577. The van der Waals surface area contributed by atoms with Gasteiger partial charge >= 0.3 is 5.97 Å². The first-order chi connectivity index (χ1) is 18.1. The van der Waals surface area contributed by atoms with E-state index in [1.54, 1.807) is 37.4 Å². The van der Waals surface area contributed by atoms with Gasteiger partial charge in [-0.2, -0.15) is 20.1 Å². The van der Waals surface area contributed by atoms with Crippen molar-refractivity contribution >= 4 is 30.0 Å². The van der Waals surface area contributed by atoms with E-state index in [0.717, 1.165) is 57.4 Å². The van der Waals surface area contributed by atoms with E-state index < -0.39 is 5.97 Å². The number of piperidine rings is 2. The van der Waals surface area contributed by atoms with Crippen LogP contribution in [0, 0.1) is 0 Å². The van der Waals surface area contributed by atoms with Crippen LogP contribution in [0.4, 0.5) is 17.8 Å². The number of methoxy groups -OCH3 is 1. The first-order valence-corrected chi connectivity index (χ1v) is 13.1. The normalized spacial score (nSPS) is 16.1. The number of esters is 1. The molecule has 2 aliphatic rings. The highest BCUT2D eigenvalue weighted by Gasteiger charge is 2.21. The fourth-order valence-electron chi connectivity index (χ4n) is 4.39. The summed E-state index contributed by atoms with van der Waals surface area (Å²) < 4.78 is 15.9. The van der Waals surface area contributed by atoms with Gasteiger partial charge in [0.15, 0.2) is 18.1 Å². The Labute approximate surface area is 218 Å². The van der Waals surface area contributed by atoms with Gasteiger partial charge in [-0.25, -0.2) is 9.80 Å². The third-order valence-electron chi connectivity index (χ3n) is 6.39. The second-order valence-corrected chi connectivity index (χ2v) is 9.10. The number of anilines is 3. The van der Waals surface area contributed by atoms with E-state index in [4.69, 9.17) is 29.2 Å². The van der Waals surface area contributed by atoms with Gasteiger partial charge in [0.2, 0.25) is 11.9 Å². The van der Waals surface area contributed by atoms with Crippen molar-refractivity contribution in [3.8, 4) is 11.5 Å². The van der Waals surface area contributed by atoms with E-state index in [9.17, 15) is 4.79 Å². The number of ether oxygens (including phenoxy) is 3. The maximum absolute atomic E-state index is 11.7. The monoisotopic (exact) mass is 511 g/mol. The minimum atomic E-state index is -0.438. The summed E-state index contributed by atoms with van der Waals surface area (Å²) in [6.07, 6.45) is 8.76. The number of hydrazone groups is 1. The highest BCUT2D eigenvalue weighted by atomic mass is 16.6. The number of aromatic nitrogens is 3. The average molecular weight is 512 g/mol. The van der Waals surface area contributed by atoms with Gasteiger partial charge in [-0.1, -0.05) is 0 Å². The lowest BCUT2D eigenvalue weighted by Crippen LogP contribution is -2.35. The van der Waals surface area contributed by atoms with E-state index in [2.05, 4.69) is 14.9 Å². The second-order valence-electron chi connectivity index (χ2n) is 9.10. The van der Waals surface area contributed by atoms with Crippen molar-refractivity contribution < 1.29 is 19.0 Å². The van der Waals surface area contributed by atoms with Crippen molar-refractivity contribution in [1.82, 2.24) is 15.0 Å². The summed E-state index contributed by atoms with van der Waals surface area (Å²) in [5, 5.41) is 6.25. The zero-order valence-corrected chi connectivity index (χ0v) is 22.1. The van der Waals surface area contributed by atoms with Crippen LogP contribution in [0.1, 0.15) is 51.0 Å². The topological polar surface area (TPSA) is 106 Å². The Morgan fingerprint density at radius 1 is 0.973 bits per heavy atom. The summed E-state index contributed by atoms with van der Waals surface area (Å²) in [7, 11) is 3.38. The molecule has 0 spiro atoms. The molecule has 0 unspecified atom stereocenters. The molecule has 37 heavy (non-hydrogen) atoms. The van der Waals surface area contributed by atoms with Crippen molar-refractivity contribution in [2.24, 2.45) is 5.10 Å². The van der Waals surface area contributed by atoms with Gasteiger partial charge in [0.05, 0.1) is 19.9 Å². The van der Waals surface area contributed by atoms with Crippen molar-refractivity contribution in [2.45, 2.75) is 45.4 Å². The molecule has 2 fully saturated rings. The van der Waals surface area contributed by atoms with E-state index >= 15 is 0 Å². The number of benzene rings is 1. The van der Waals surface area contributed by atoms with E-state index in [0.29, 0.717) is 36.0 Å². The zero-order valence-electron chi connectivity index (χ0n) is 22.1. The molecule has 0 N–H and O–H groups in total. The molecule has 0 aliphatic carbocycles. The van der Waals surface area contributed by atoms with Crippen molar-refractivity contribution in [3.05, 3.63) is 23.8 Å². The molecule has 2 saturated heterocycles. The van der Waals surface area contributed by atoms with Gasteiger partial charge in [-0.3, -0.25) is 0 Å². The summed E-state index contributed by atoms with van der Waals surface area (Å²) in [6, 6.07) is 5.40. The fourth-order valence-corrected chi connectivity index (χ4v) is 4.39. The Morgan fingerprint density at radius 3 is 2.16 bits per heavy atom. The predicted molar refractivity (Wildman–Crippen MR) is 143 cm³/mol. The standard InChI is InChI=1S/C26H37N7O4/c1-4-36-23(34)19-37-22-17-20(11-12-21(22)35-3)18-27-31(2)24-28-25(32-13-7-5-8-14-32)30-26(29-24)33-15-9-6-10-16-33/h11-12,17-18H,4-10,13-16,19H2,1-3H3/b27-18+. The second kappa shape index (κ2) is 13.1. The molecule has 0 atom stereocenters. The van der Waals surface area contributed by atoms with Crippen LogP contribution in [0.5, 0.6) is 11.5 Å². The van der Waals surface area contributed by atoms with Crippen LogP contribution in [0.25, 0.3) is 0 Å². The lowest BCUT2D eigenvalue weighted by atomic mass is 10.1. The van der Waals surface area contributed by atoms with Gasteiger partial charge in [0, 0.05) is 33.2 Å². The Balaban J connectivity index is 1.54. The number of hydrogen-bond donors (Lipinski definition) is 0. The molecular weight excluding hydrogens is 474 g/mol. The molecule has 4 rings (SSSR count). The minimum Gasteiger partial charge on any atom is -0.493 e. The number of rotatable bonds is 10. The minimum absolute atomic E-state index is 0.200. The predicted octanol–water partition coefficient (Wildman–Crippen LogP) is 3.27. The van der Waals surface area contributed by atoms with Gasteiger partial charge in [0.1, 0.15) is 0 Å². The third-order valence-corrected chi connectivity index (χ3v) is 6.39. The molecule has 0 saturated carbocycles. The van der Waals surface area contributed by atoms with Gasteiger partial charge in [-0.15, -0.1) is 0 Å². The van der Waals surface area contributed by atoms with Crippen LogP contribution in [-0.2, 0) is 9.53 Å². The molecule has 1 aromatic heterocycles. The smallest absolute Gasteiger partial charge is 0.344 e. The first kappa shape index (κ1) is 26.4. The summed E-state index contributed by atoms with van der Waals surface area (Å²) >= 11 is 0. The average Bonchev–Trinajstić information content (AvgIpc) is 2.95. The highest BCUT2D eigenvalue weighted by molar-refractivity contribution is 5.81. The quantitative estimate of drug-likeness (QED) is 0.268. The molecule has 11 heteroatoms. The highest BCUT2D eigenvalue weighted by Crippen LogP contribution is 2.28. The number of nitrogens with zero attached hydrogens (tertiary/aromatic N) is 7. The summed E-state index contributed by atoms with van der Waals surface area (Å²) in [5.41, 5.74) is 0.771. The molecule has 0 radical (unpaired) electrons. The van der Waals surface area contributed by atoms with Crippen LogP contribution in [0.2, 0.25) is 0 Å². The molecule has 0 bridgehead atoms. The molecule has 0 amide bonds. The van der Waals surface area contributed by atoms with Gasteiger partial charge in [0.25, 0.3) is 5.95 Å². The summed E-state index contributed by atoms with van der Waals surface area (Å²) in [4.78, 5) is 30.6. The molecular formula is C26H37N7O4. The van der Waals surface area contributed by atoms with E-state index in [1.807, 2.05) is 13.1 Å². The first-order valence-electron chi connectivity index (χ1n) is 13.1. The Bertz CT molecular complexity index is 1030. The molecule has 2 aromatic rings. The molecule has 200 valence electrons. The number of hydrogen-bond acceptors (Lipinski definition) is 11. The maximum Gasteiger partial charge on any atom is 0.344 e. The largest absolute Gasteiger partial charge is 0.493 e. The van der Waals surface area contributed by atoms with Gasteiger partial charge in [-0.05, 0) is 69.2 Å². The summed E-state index contributed by atoms with van der Waals surface area (Å²) in [5.74, 6) is 2.44. The van der Waals surface area contributed by atoms with E-state index in [-0.39, 0.29) is 6.61 Å². The number of carbonyl (C=O) groups is 1. The van der Waals surface area contributed by atoms with Gasteiger partial charge < -0.3 is 24.0 Å². The SMILES string of the molecule is CCOC(=O)COc1cc(/C=N/N(C)c2nc(N3CCCCC3)nc(N3CCCCC3)n2)ccc1OC. The Hall–Kier alpha value is -3.63. The summed E-state index contributed by atoms with van der Waals surface area (Å²) in [6.45, 7) is 5.67. The van der Waals surface area contributed by atoms with Crippen molar-refractivity contribution in [2.75, 3.05) is 68.4 Å². The number of carbonyl (C=O) groups excluding carboxylic acids is 1. The van der Waals surface area contributed by atoms with E-state index in [1.165, 1.54) is 12.8 Å².